The molecule has 3 heteroatoms. The third-order valence-electron chi connectivity index (χ3n) is 2.09. The Bertz CT molecular complexity index is 236. The number of nitrogens with zero attached hydrogens (tertiary/aromatic N) is 1. The van der Waals surface area contributed by atoms with Gasteiger partial charge in [-0.2, -0.15) is 0 Å². The van der Waals surface area contributed by atoms with E-state index in [9.17, 15) is 0 Å². The number of nitrogens with one attached hydrogen (secondary N) is 1. The fraction of sp³-hybridized carbons (Fsp3) is 0.667. The largest absolute Gasteiger partial charge is 0.361 e. The summed E-state index contributed by atoms with van der Waals surface area (Å²) in [6.07, 6.45) is 0. The van der Waals surface area contributed by atoms with Crippen molar-refractivity contribution in [3.05, 3.63) is 17.0 Å². The van der Waals surface area contributed by atoms with Crippen molar-refractivity contribution in [2.75, 3.05) is 13.6 Å². The zero-order valence-electron chi connectivity index (χ0n) is 8.14. The highest BCUT2D eigenvalue weighted by Gasteiger charge is 2.14. The van der Waals surface area contributed by atoms with E-state index in [1.807, 2.05) is 20.9 Å². The first kappa shape index (κ1) is 9.26. The van der Waals surface area contributed by atoms with E-state index in [-0.39, 0.29) is 0 Å². The molecule has 68 valence electrons. The summed E-state index contributed by atoms with van der Waals surface area (Å²) in [5.74, 6) is 1.41. The smallest absolute Gasteiger partial charge is 0.137 e. The lowest BCUT2D eigenvalue weighted by atomic mass is 10.00. The van der Waals surface area contributed by atoms with Crippen LogP contribution in [0.15, 0.2) is 4.52 Å². The maximum Gasteiger partial charge on any atom is 0.137 e. The average molecular weight is 168 g/mol. The summed E-state index contributed by atoms with van der Waals surface area (Å²) in [5, 5.41) is 7.06. The first-order chi connectivity index (χ1) is 5.66. The lowest BCUT2D eigenvalue weighted by Gasteiger charge is -2.09. The highest BCUT2D eigenvalue weighted by atomic mass is 16.5. The van der Waals surface area contributed by atoms with Crippen LogP contribution in [0.25, 0.3) is 0 Å². The van der Waals surface area contributed by atoms with Crippen molar-refractivity contribution < 1.29 is 4.52 Å². The van der Waals surface area contributed by atoms with Gasteiger partial charge >= 0.3 is 0 Å². The number of hydrogen-bond acceptors (Lipinski definition) is 3. The molecule has 0 aliphatic heterocycles. The van der Waals surface area contributed by atoms with Gasteiger partial charge in [-0.3, -0.25) is 0 Å². The number of aryl methyl sites for hydroxylation is 2. The molecule has 1 heterocycles. The number of rotatable bonds is 3. The Kier molecular flexibility index (Phi) is 2.87. The molecular formula is C9H16N2O. The van der Waals surface area contributed by atoms with Crippen molar-refractivity contribution in [3.8, 4) is 0 Å². The summed E-state index contributed by atoms with van der Waals surface area (Å²) in [6, 6.07) is 0. The van der Waals surface area contributed by atoms with E-state index < -0.39 is 0 Å². The molecule has 0 bridgehead atoms. The molecule has 3 nitrogen and oxygen atoms in total. The molecule has 1 N–H and O–H groups in total. The summed E-state index contributed by atoms with van der Waals surface area (Å²) in [6.45, 7) is 7.07. The van der Waals surface area contributed by atoms with Gasteiger partial charge in [0.1, 0.15) is 5.76 Å². The van der Waals surface area contributed by atoms with Crippen LogP contribution in [0.3, 0.4) is 0 Å². The molecule has 12 heavy (non-hydrogen) atoms. The van der Waals surface area contributed by atoms with E-state index in [0.717, 1.165) is 18.0 Å². The van der Waals surface area contributed by atoms with Gasteiger partial charge in [0.25, 0.3) is 0 Å². The second kappa shape index (κ2) is 3.72. The fourth-order valence-corrected chi connectivity index (χ4v) is 1.60. The van der Waals surface area contributed by atoms with Gasteiger partial charge in [-0.15, -0.1) is 0 Å². The highest BCUT2D eigenvalue weighted by Crippen LogP contribution is 2.21. The molecule has 1 rings (SSSR count). The van der Waals surface area contributed by atoms with E-state index in [4.69, 9.17) is 4.52 Å². The van der Waals surface area contributed by atoms with E-state index >= 15 is 0 Å². The lowest BCUT2D eigenvalue weighted by Crippen LogP contribution is -2.15. The molecule has 1 aromatic rings. The third kappa shape index (κ3) is 1.67. The minimum absolute atomic E-state index is 0.473. The molecule has 0 radical (unpaired) electrons. The number of aromatic nitrogens is 1. The van der Waals surface area contributed by atoms with Crippen molar-refractivity contribution in [1.29, 1.82) is 0 Å². The molecule has 0 spiro atoms. The molecule has 0 aliphatic rings. The van der Waals surface area contributed by atoms with Crippen molar-refractivity contribution in [2.24, 2.45) is 0 Å². The summed E-state index contributed by atoms with van der Waals surface area (Å²) < 4.78 is 5.08. The summed E-state index contributed by atoms with van der Waals surface area (Å²) in [7, 11) is 1.95. The summed E-state index contributed by atoms with van der Waals surface area (Å²) >= 11 is 0. The van der Waals surface area contributed by atoms with Crippen molar-refractivity contribution >= 4 is 0 Å². The maximum atomic E-state index is 5.08. The number of hydrogen-bond donors (Lipinski definition) is 1. The molecule has 0 saturated heterocycles. The van der Waals surface area contributed by atoms with Crippen LogP contribution in [0.4, 0.5) is 0 Å². The SMILES string of the molecule is CNCC(C)c1c(C)noc1C. The van der Waals surface area contributed by atoms with Gasteiger partial charge in [0, 0.05) is 12.1 Å². The minimum atomic E-state index is 0.473. The fourth-order valence-electron chi connectivity index (χ4n) is 1.60. The average Bonchev–Trinajstić information content (AvgIpc) is 2.32. The van der Waals surface area contributed by atoms with Crippen molar-refractivity contribution in [3.63, 3.8) is 0 Å². The van der Waals surface area contributed by atoms with Crippen LogP contribution in [0.1, 0.15) is 29.9 Å². The quantitative estimate of drug-likeness (QED) is 0.745. The molecule has 0 aromatic carbocycles. The van der Waals surface area contributed by atoms with Crippen LogP contribution < -0.4 is 5.32 Å². The minimum Gasteiger partial charge on any atom is -0.361 e. The molecule has 0 fully saturated rings. The van der Waals surface area contributed by atoms with Gasteiger partial charge in [-0.05, 0) is 26.8 Å². The second-order valence-corrected chi connectivity index (χ2v) is 3.20. The molecule has 0 amide bonds. The Balaban J connectivity index is 2.85. The molecular weight excluding hydrogens is 152 g/mol. The molecule has 1 atom stereocenters. The molecule has 0 saturated carbocycles. The van der Waals surface area contributed by atoms with Crippen LogP contribution in [0.2, 0.25) is 0 Å². The second-order valence-electron chi connectivity index (χ2n) is 3.20. The number of likely N-dealkylation sites (N-methyl/N-ethyl adjacent to an activating group) is 1. The van der Waals surface area contributed by atoms with Gasteiger partial charge in [-0.25, -0.2) is 0 Å². The Labute approximate surface area is 73.1 Å². The Morgan fingerprint density at radius 2 is 2.17 bits per heavy atom. The van der Waals surface area contributed by atoms with Crippen molar-refractivity contribution in [1.82, 2.24) is 10.5 Å². The van der Waals surface area contributed by atoms with Crippen LogP contribution in [-0.2, 0) is 0 Å². The van der Waals surface area contributed by atoms with Crippen LogP contribution in [0, 0.1) is 13.8 Å². The normalized spacial score (nSPS) is 13.3. The van der Waals surface area contributed by atoms with Crippen LogP contribution >= 0.6 is 0 Å². The molecule has 1 aromatic heterocycles. The first-order valence-electron chi connectivity index (χ1n) is 4.24. The van der Waals surface area contributed by atoms with E-state index in [1.165, 1.54) is 5.56 Å². The van der Waals surface area contributed by atoms with Crippen molar-refractivity contribution in [2.45, 2.75) is 26.7 Å². The Hall–Kier alpha value is -0.830. The van der Waals surface area contributed by atoms with Gasteiger partial charge < -0.3 is 9.84 Å². The van der Waals surface area contributed by atoms with Gasteiger partial charge in [-0.1, -0.05) is 12.1 Å². The van der Waals surface area contributed by atoms with Gasteiger partial charge in [0.05, 0.1) is 5.69 Å². The van der Waals surface area contributed by atoms with E-state index in [1.54, 1.807) is 0 Å². The van der Waals surface area contributed by atoms with Crippen LogP contribution in [0.5, 0.6) is 0 Å². The lowest BCUT2D eigenvalue weighted by molar-refractivity contribution is 0.391. The van der Waals surface area contributed by atoms with Crippen LogP contribution in [-0.4, -0.2) is 18.7 Å². The summed E-state index contributed by atoms with van der Waals surface area (Å²) in [5.41, 5.74) is 2.25. The molecule has 1 unspecified atom stereocenters. The third-order valence-corrected chi connectivity index (χ3v) is 2.09. The Morgan fingerprint density at radius 1 is 1.50 bits per heavy atom. The highest BCUT2D eigenvalue weighted by molar-refractivity contribution is 5.25. The zero-order chi connectivity index (χ0) is 9.14. The topological polar surface area (TPSA) is 38.1 Å². The first-order valence-corrected chi connectivity index (χ1v) is 4.24. The Morgan fingerprint density at radius 3 is 2.58 bits per heavy atom. The summed E-state index contributed by atoms with van der Waals surface area (Å²) in [4.78, 5) is 0. The van der Waals surface area contributed by atoms with E-state index in [2.05, 4.69) is 17.4 Å². The molecule has 0 aliphatic carbocycles. The van der Waals surface area contributed by atoms with Gasteiger partial charge in [0.2, 0.25) is 0 Å². The van der Waals surface area contributed by atoms with Gasteiger partial charge in [0.15, 0.2) is 0 Å². The zero-order valence-corrected chi connectivity index (χ0v) is 8.14. The monoisotopic (exact) mass is 168 g/mol. The predicted molar refractivity (Wildman–Crippen MR) is 48.3 cm³/mol. The van der Waals surface area contributed by atoms with E-state index in [0.29, 0.717) is 5.92 Å². The standard InChI is InChI=1S/C9H16N2O/c1-6(5-10-4)9-7(2)11-12-8(9)3/h6,10H,5H2,1-4H3. The predicted octanol–water partition coefficient (Wildman–Crippen LogP) is 1.61. The maximum absolute atomic E-state index is 5.08.